The van der Waals surface area contributed by atoms with Crippen LogP contribution in [0.5, 0.6) is 5.75 Å². The number of benzene rings is 1. The van der Waals surface area contributed by atoms with Crippen LogP contribution in [-0.4, -0.2) is 22.2 Å². The van der Waals surface area contributed by atoms with Gasteiger partial charge in [0, 0.05) is 6.20 Å². The van der Waals surface area contributed by atoms with E-state index in [-0.39, 0.29) is 29.3 Å². The topological polar surface area (TPSA) is 92.3 Å². The molecule has 2 aliphatic rings. The minimum absolute atomic E-state index is 0.0167. The first kappa shape index (κ1) is 14.2. The largest absolute Gasteiger partial charge is 0.489 e. The molecule has 1 fully saturated rings. The number of carboxylic acid groups (broad SMARTS) is 1. The Kier molecular flexibility index (Phi) is 2.67. The smallest absolute Gasteiger partial charge is 0.341 e. The second kappa shape index (κ2) is 4.32. The number of carboxylic acids is 1. The maximum atomic E-state index is 14.6. The summed E-state index contributed by atoms with van der Waals surface area (Å²) in [6, 6.07) is 0.859. The summed E-state index contributed by atoms with van der Waals surface area (Å²) in [5, 5.41) is 9.20. The zero-order chi connectivity index (χ0) is 16.5. The number of hydrogen-bond donors (Lipinski definition) is 1. The number of nitrogens with zero attached hydrogens (tertiary/aromatic N) is 1. The van der Waals surface area contributed by atoms with Crippen molar-refractivity contribution in [2.24, 2.45) is 0 Å². The van der Waals surface area contributed by atoms with Crippen LogP contribution >= 0.6 is 0 Å². The van der Waals surface area contributed by atoms with Gasteiger partial charge in [-0.25, -0.2) is 14.9 Å². The third-order valence-corrected chi connectivity index (χ3v) is 4.63. The molecule has 2 aromatic rings. The van der Waals surface area contributed by atoms with Gasteiger partial charge in [0.15, 0.2) is 5.75 Å². The van der Waals surface area contributed by atoms with Crippen LogP contribution in [0, 0.1) is 5.82 Å². The molecule has 1 saturated carbocycles. The SMILES string of the molecule is C[C@H]1COc2c(C3([NH])CC3)c(F)cc3c(=O)c(C(=O)O)cn1c23. The van der Waals surface area contributed by atoms with Crippen LogP contribution in [0.25, 0.3) is 10.9 Å². The lowest BCUT2D eigenvalue weighted by Crippen LogP contribution is -2.28. The Morgan fingerprint density at radius 2 is 2.22 bits per heavy atom. The number of halogens is 1. The molecule has 6 nitrogen and oxygen atoms in total. The molecular formula is C16H14FN2O4. The number of nitrogens with one attached hydrogen (secondary N) is 1. The molecule has 1 atom stereocenters. The molecule has 1 aromatic carbocycles. The first-order valence-electron chi connectivity index (χ1n) is 7.36. The summed E-state index contributed by atoms with van der Waals surface area (Å²) in [5.41, 5.74) is 6.67. The van der Waals surface area contributed by atoms with Gasteiger partial charge in [0.05, 0.1) is 28.0 Å². The summed E-state index contributed by atoms with van der Waals surface area (Å²) in [4.78, 5) is 23.7. The fraction of sp³-hybridized carbons (Fsp3) is 0.375. The zero-order valence-corrected chi connectivity index (χ0v) is 12.4. The second-order valence-corrected chi connectivity index (χ2v) is 6.29. The van der Waals surface area contributed by atoms with Crippen molar-refractivity contribution < 1.29 is 19.0 Å². The fourth-order valence-corrected chi connectivity index (χ4v) is 3.20. The zero-order valence-electron chi connectivity index (χ0n) is 12.4. The molecule has 1 aliphatic heterocycles. The Bertz CT molecular complexity index is 930. The number of aromatic carboxylic acids is 1. The molecule has 0 bridgehead atoms. The maximum absolute atomic E-state index is 14.6. The minimum Gasteiger partial charge on any atom is -0.489 e. The average molecular weight is 317 g/mol. The van der Waals surface area contributed by atoms with Gasteiger partial charge >= 0.3 is 5.97 Å². The molecule has 0 spiro atoms. The summed E-state index contributed by atoms with van der Waals surface area (Å²) in [6.07, 6.45) is 2.37. The van der Waals surface area contributed by atoms with Crippen LogP contribution in [0.2, 0.25) is 0 Å². The van der Waals surface area contributed by atoms with E-state index < -0.39 is 28.3 Å². The van der Waals surface area contributed by atoms with Crippen molar-refractivity contribution in [3.63, 3.8) is 0 Å². The predicted octanol–water partition coefficient (Wildman–Crippen LogP) is 2.06. The highest BCUT2D eigenvalue weighted by molar-refractivity contribution is 5.95. The van der Waals surface area contributed by atoms with Crippen LogP contribution in [0.1, 0.15) is 41.7 Å². The van der Waals surface area contributed by atoms with Crippen LogP contribution < -0.4 is 15.9 Å². The normalized spacial score (nSPS) is 21.1. The maximum Gasteiger partial charge on any atom is 0.341 e. The number of pyridine rings is 1. The van der Waals surface area contributed by atoms with Crippen LogP contribution in [-0.2, 0) is 5.54 Å². The summed E-state index contributed by atoms with van der Waals surface area (Å²) in [7, 11) is 0. The molecule has 0 amide bonds. The first-order chi connectivity index (χ1) is 10.8. The molecular weight excluding hydrogens is 303 g/mol. The van der Waals surface area contributed by atoms with Gasteiger partial charge in [-0.3, -0.25) is 4.79 Å². The number of carbonyl (C=O) groups is 1. The molecule has 1 aliphatic carbocycles. The minimum atomic E-state index is -1.34. The monoisotopic (exact) mass is 317 g/mol. The molecule has 1 radical (unpaired) electrons. The van der Waals surface area contributed by atoms with E-state index in [0.717, 1.165) is 6.07 Å². The van der Waals surface area contributed by atoms with Crippen molar-refractivity contribution in [2.45, 2.75) is 31.3 Å². The number of aromatic nitrogens is 1. The Labute approximate surface area is 130 Å². The lowest BCUT2D eigenvalue weighted by atomic mass is 9.98. The number of ether oxygens (including phenoxy) is 1. The molecule has 4 rings (SSSR count). The molecule has 2 heterocycles. The summed E-state index contributed by atoms with van der Waals surface area (Å²) >= 11 is 0. The van der Waals surface area contributed by atoms with Crippen molar-refractivity contribution in [3.8, 4) is 5.75 Å². The van der Waals surface area contributed by atoms with Crippen molar-refractivity contribution in [1.82, 2.24) is 10.3 Å². The average Bonchev–Trinajstić information content (AvgIpc) is 3.22. The van der Waals surface area contributed by atoms with E-state index in [9.17, 15) is 19.1 Å². The molecule has 23 heavy (non-hydrogen) atoms. The Morgan fingerprint density at radius 1 is 1.52 bits per heavy atom. The summed E-state index contributed by atoms with van der Waals surface area (Å²) in [5.74, 6) is -1.81. The van der Waals surface area contributed by atoms with Gasteiger partial charge in [0.1, 0.15) is 18.0 Å². The highest BCUT2D eigenvalue weighted by Crippen LogP contribution is 2.51. The van der Waals surface area contributed by atoms with E-state index in [0.29, 0.717) is 18.4 Å². The Morgan fingerprint density at radius 3 is 2.83 bits per heavy atom. The van der Waals surface area contributed by atoms with Crippen molar-refractivity contribution in [1.29, 1.82) is 0 Å². The van der Waals surface area contributed by atoms with Gasteiger partial charge < -0.3 is 14.4 Å². The fourth-order valence-electron chi connectivity index (χ4n) is 3.20. The van der Waals surface area contributed by atoms with Gasteiger partial charge in [-0.2, -0.15) is 0 Å². The second-order valence-electron chi connectivity index (χ2n) is 6.29. The molecule has 1 aromatic heterocycles. The summed E-state index contributed by atoms with van der Waals surface area (Å²) < 4.78 is 21.9. The molecule has 2 N–H and O–H groups in total. The Hall–Kier alpha value is -2.41. The third kappa shape index (κ3) is 1.83. The van der Waals surface area contributed by atoms with Gasteiger partial charge in [-0.15, -0.1) is 0 Å². The van der Waals surface area contributed by atoms with Gasteiger partial charge in [-0.05, 0) is 25.8 Å². The predicted molar refractivity (Wildman–Crippen MR) is 79.3 cm³/mol. The van der Waals surface area contributed by atoms with E-state index >= 15 is 0 Å². The van der Waals surface area contributed by atoms with Crippen molar-refractivity contribution in [3.05, 3.63) is 39.4 Å². The van der Waals surface area contributed by atoms with E-state index in [2.05, 4.69) is 0 Å². The highest BCUT2D eigenvalue weighted by atomic mass is 19.1. The van der Waals surface area contributed by atoms with Crippen LogP contribution in [0.15, 0.2) is 17.1 Å². The van der Waals surface area contributed by atoms with Gasteiger partial charge in [-0.1, -0.05) is 0 Å². The summed E-state index contributed by atoms with van der Waals surface area (Å²) in [6.45, 7) is 2.06. The van der Waals surface area contributed by atoms with E-state index in [4.69, 9.17) is 10.5 Å². The van der Waals surface area contributed by atoms with Crippen LogP contribution in [0.4, 0.5) is 4.39 Å². The molecule has 0 unspecified atom stereocenters. The first-order valence-corrected chi connectivity index (χ1v) is 7.36. The molecule has 0 saturated heterocycles. The third-order valence-electron chi connectivity index (χ3n) is 4.63. The molecule has 7 heteroatoms. The quantitative estimate of drug-likeness (QED) is 0.917. The van der Waals surface area contributed by atoms with Gasteiger partial charge in [0.2, 0.25) is 5.43 Å². The van der Waals surface area contributed by atoms with E-state index in [1.54, 1.807) is 4.57 Å². The molecule has 119 valence electrons. The van der Waals surface area contributed by atoms with Crippen molar-refractivity contribution >= 4 is 16.9 Å². The standard InChI is InChI=1S/C16H14FN2O4/c1-7-6-23-14-11(16(18)2-3-16)10(17)4-8-12(14)19(7)5-9(13(8)20)15(21)22/h4-5,7,18H,2-3,6H2,1H3,(H,21,22)/t7-/m0/s1. The van der Waals surface area contributed by atoms with Gasteiger partial charge in [0.25, 0.3) is 0 Å². The lowest BCUT2D eigenvalue weighted by Gasteiger charge is -2.29. The highest BCUT2D eigenvalue weighted by Gasteiger charge is 2.47. The Balaban J connectivity index is 2.19. The van der Waals surface area contributed by atoms with E-state index in [1.165, 1.54) is 6.20 Å². The lowest BCUT2D eigenvalue weighted by molar-refractivity contribution is 0.0694. The number of hydrogen-bond acceptors (Lipinski definition) is 3. The van der Waals surface area contributed by atoms with E-state index in [1.807, 2.05) is 6.92 Å². The van der Waals surface area contributed by atoms with Crippen molar-refractivity contribution in [2.75, 3.05) is 6.61 Å². The van der Waals surface area contributed by atoms with Crippen LogP contribution in [0.3, 0.4) is 0 Å². The number of rotatable bonds is 2.